The molecule has 0 spiro atoms. The first-order valence-electron chi connectivity index (χ1n) is 8.16. The quantitative estimate of drug-likeness (QED) is 0.672. The Morgan fingerprint density at radius 3 is 2.59 bits per heavy atom. The standard InChI is InChI=1S/C18H17N3O5S/c1-3-20-16(23)11-6-4-5-7-13(11)21(18(20)25)10-14(22)19-12-8-9-27-15(12)17(24)26-2/h4-9H,3,10H2,1-2H3,(H,19,22). The van der Waals surface area contributed by atoms with Crippen LogP contribution in [0.15, 0.2) is 45.3 Å². The lowest BCUT2D eigenvalue weighted by Crippen LogP contribution is -2.41. The van der Waals surface area contributed by atoms with Gasteiger partial charge in [-0.2, -0.15) is 0 Å². The van der Waals surface area contributed by atoms with Crippen molar-refractivity contribution in [3.8, 4) is 0 Å². The zero-order valence-corrected chi connectivity index (χ0v) is 15.5. The summed E-state index contributed by atoms with van der Waals surface area (Å²) in [5.41, 5.74) is -0.251. The van der Waals surface area contributed by atoms with Crippen LogP contribution in [-0.4, -0.2) is 28.1 Å². The summed E-state index contributed by atoms with van der Waals surface area (Å²) in [5, 5.41) is 4.63. The van der Waals surface area contributed by atoms with Gasteiger partial charge in [-0.15, -0.1) is 11.3 Å². The minimum Gasteiger partial charge on any atom is -0.465 e. The van der Waals surface area contributed by atoms with Gasteiger partial charge in [0, 0.05) is 6.54 Å². The molecule has 1 amide bonds. The first kappa shape index (κ1) is 18.6. The van der Waals surface area contributed by atoms with Crippen LogP contribution >= 0.6 is 11.3 Å². The number of benzene rings is 1. The summed E-state index contributed by atoms with van der Waals surface area (Å²) in [4.78, 5) is 49.6. The highest BCUT2D eigenvalue weighted by Crippen LogP contribution is 2.23. The van der Waals surface area contributed by atoms with Crippen molar-refractivity contribution in [1.82, 2.24) is 9.13 Å². The largest absolute Gasteiger partial charge is 0.465 e. The van der Waals surface area contributed by atoms with E-state index in [2.05, 4.69) is 10.1 Å². The first-order chi connectivity index (χ1) is 13.0. The molecule has 1 aromatic carbocycles. The Kier molecular flexibility index (Phi) is 5.22. The number of nitrogens with one attached hydrogen (secondary N) is 1. The van der Waals surface area contributed by atoms with Crippen LogP contribution < -0.4 is 16.6 Å². The van der Waals surface area contributed by atoms with Gasteiger partial charge < -0.3 is 10.1 Å². The molecule has 2 aromatic heterocycles. The van der Waals surface area contributed by atoms with E-state index in [9.17, 15) is 19.2 Å². The Hall–Kier alpha value is -3.20. The Labute approximate surface area is 157 Å². The fraction of sp³-hybridized carbons (Fsp3) is 0.222. The van der Waals surface area contributed by atoms with Crippen LogP contribution in [0.2, 0.25) is 0 Å². The van der Waals surface area contributed by atoms with Crippen LogP contribution in [0.4, 0.5) is 5.69 Å². The SMILES string of the molecule is CCn1c(=O)c2ccccc2n(CC(=O)Nc2ccsc2C(=O)OC)c1=O. The number of esters is 1. The minimum absolute atomic E-state index is 0.196. The lowest BCUT2D eigenvalue weighted by molar-refractivity contribution is -0.116. The van der Waals surface area contributed by atoms with E-state index >= 15 is 0 Å². The molecular formula is C18H17N3O5S. The molecule has 3 rings (SSSR count). The third-order valence-corrected chi connectivity index (χ3v) is 4.95. The smallest absolute Gasteiger partial charge is 0.350 e. The molecule has 1 N–H and O–H groups in total. The van der Waals surface area contributed by atoms with E-state index in [-0.39, 0.29) is 23.5 Å². The first-order valence-corrected chi connectivity index (χ1v) is 9.04. The second kappa shape index (κ2) is 7.58. The molecule has 8 nitrogen and oxygen atoms in total. The van der Waals surface area contributed by atoms with Crippen molar-refractivity contribution in [3.05, 3.63) is 61.4 Å². The molecule has 3 aromatic rings. The summed E-state index contributed by atoms with van der Waals surface area (Å²) in [6.07, 6.45) is 0. The highest BCUT2D eigenvalue weighted by Gasteiger charge is 2.18. The Balaban J connectivity index is 1.99. The van der Waals surface area contributed by atoms with Gasteiger partial charge in [0.2, 0.25) is 5.91 Å². The normalized spacial score (nSPS) is 10.7. The van der Waals surface area contributed by atoms with E-state index in [1.165, 1.54) is 11.7 Å². The van der Waals surface area contributed by atoms with Gasteiger partial charge in [0.05, 0.1) is 23.7 Å². The summed E-state index contributed by atoms with van der Waals surface area (Å²) in [6.45, 7) is 1.59. The topological polar surface area (TPSA) is 99.4 Å². The molecule has 0 fully saturated rings. The van der Waals surface area contributed by atoms with Crippen molar-refractivity contribution in [2.75, 3.05) is 12.4 Å². The molecule has 9 heteroatoms. The zero-order chi connectivity index (χ0) is 19.6. The molecule has 0 saturated heterocycles. The van der Waals surface area contributed by atoms with Gasteiger partial charge >= 0.3 is 11.7 Å². The zero-order valence-electron chi connectivity index (χ0n) is 14.7. The predicted molar refractivity (Wildman–Crippen MR) is 102 cm³/mol. The van der Waals surface area contributed by atoms with Gasteiger partial charge in [-0.1, -0.05) is 12.1 Å². The number of anilines is 1. The molecule has 0 bridgehead atoms. The van der Waals surface area contributed by atoms with Gasteiger partial charge in [0.25, 0.3) is 5.56 Å². The number of rotatable bonds is 5. The van der Waals surface area contributed by atoms with Gasteiger partial charge in [-0.25, -0.2) is 9.59 Å². The van der Waals surface area contributed by atoms with Crippen molar-refractivity contribution in [3.63, 3.8) is 0 Å². The van der Waals surface area contributed by atoms with Crippen molar-refractivity contribution < 1.29 is 14.3 Å². The number of amides is 1. The Morgan fingerprint density at radius 1 is 1.15 bits per heavy atom. The van der Waals surface area contributed by atoms with E-state index in [4.69, 9.17) is 0 Å². The molecule has 0 radical (unpaired) electrons. The van der Waals surface area contributed by atoms with Crippen LogP contribution in [0.3, 0.4) is 0 Å². The van der Waals surface area contributed by atoms with Gasteiger partial charge in [-0.05, 0) is 30.5 Å². The van der Waals surface area contributed by atoms with E-state index < -0.39 is 17.6 Å². The van der Waals surface area contributed by atoms with Crippen molar-refractivity contribution in [2.45, 2.75) is 20.0 Å². The molecule has 0 atom stereocenters. The third-order valence-electron chi connectivity index (χ3n) is 4.06. The third kappa shape index (κ3) is 3.41. The molecular weight excluding hydrogens is 370 g/mol. The summed E-state index contributed by atoms with van der Waals surface area (Å²) >= 11 is 1.14. The number of nitrogens with zero attached hydrogens (tertiary/aromatic N) is 2. The number of methoxy groups -OCH3 is 1. The average molecular weight is 387 g/mol. The van der Waals surface area contributed by atoms with E-state index in [1.54, 1.807) is 42.6 Å². The average Bonchev–Trinajstić information content (AvgIpc) is 3.13. The number of hydrogen-bond acceptors (Lipinski definition) is 6. The number of aromatic nitrogens is 2. The number of ether oxygens (including phenoxy) is 1. The van der Waals surface area contributed by atoms with E-state index in [1.807, 2.05) is 0 Å². The fourth-order valence-electron chi connectivity index (χ4n) is 2.79. The number of carbonyl (C=O) groups is 2. The number of fused-ring (bicyclic) bond motifs is 1. The van der Waals surface area contributed by atoms with Crippen LogP contribution in [0.25, 0.3) is 10.9 Å². The van der Waals surface area contributed by atoms with E-state index in [0.717, 1.165) is 15.9 Å². The summed E-state index contributed by atoms with van der Waals surface area (Å²) < 4.78 is 7.02. The second-order valence-corrected chi connectivity index (χ2v) is 6.55. The van der Waals surface area contributed by atoms with Crippen LogP contribution in [0.1, 0.15) is 16.6 Å². The Bertz CT molecular complexity index is 1140. The molecule has 0 aliphatic carbocycles. The van der Waals surface area contributed by atoms with Crippen molar-refractivity contribution in [1.29, 1.82) is 0 Å². The van der Waals surface area contributed by atoms with Gasteiger partial charge in [-0.3, -0.25) is 18.7 Å². The minimum atomic E-state index is -0.560. The maximum absolute atomic E-state index is 12.7. The molecule has 27 heavy (non-hydrogen) atoms. The van der Waals surface area contributed by atoms with Gasteiger partial charge in [0.15, 0.2) is 0 Å². The van der Waals surface area contributed by atoms with Crippen LogP contribution in [0.5, 0.6) is 0 Å². The number of thiophene rings is 1. The molecule has 140 valence electrons. The Morgan fingerprint density at radius 2 is 1.89 bits per heavy atom. The number of para-hydroxylation sites is 1. The number of carbonyl (C=O) groups excluding carboxylic acids is 2. The van der Waals surface area contributed by atoms with Crippen LogP contribution in [0, 0.1) is 0 Å². The highest BCUT2D eigenvalue weighted by atomic mass is 32.1. The molecule has 0 unspecified atom stereocenters. The predicted octanol–water partition coefficient (Wildman–Crippen LogP) is 1.67. The van der Waals surface area contributed by atoms with Crippen molar-refractivity contribution >= 4 is 39.8 Å². The lowest BCUT2D eigenvalue weighted by atomic mass is 10.2. The monoisotopic (exact) mass is 387 g/mol. The summed E-state index contributed by atoms with van der Waals surface area (Å²) in [5.74, 6) is -1.05. The highest BCUT2D eigenvalue weighted by molar-refractivity contribution is 7.12. The van der Waals surface area contributed by atoms with Crippen molar-refractivity contribution in [2.24, 2.45) is 0 Å². The van der Waals surface area contributed by atoms with Gasteiger partial charge in [0.1, 0.15) is 11.4 Å². The summed E-state index contributed by atoms with van der Waals surface area (Å²) in [6, 6.07) is 8.22. The lowest BCUT2D eigenvalue weighted by Gasteiger charge is -2.13. The van der Waals surface area contributed by atoms with E-state index in [0.29, 0.717) is 16.6 Å². The molecule has 0 aliphatic rings. The summed E-state index contributed by atoms with van der Waals surface area (Å²) in [7, 11) is 1.26. The molecule has 2 heterocycles. The second-order valence-electron chi connectivity index (χ2n) is 5.64. The fourth-order valence-corrected chi connectivity index (χ4v) is 3.56. The van der Waals surface area contributed by atoms with Crippen LogP contribution in [-0.2, 0) is 22.6 Å². The number of hydrogen-bond donors (Lipinski definition) is 1. The maximum Gasteiger partial charge on any atom is 0.350 e. The molecule has 0 saturated carbocycles. The molecule has 0 aliphatic heterocycles. The maximum atomic E-state index is 12.7.